The van der Waals surface area contributed by atoms with E-state index in [0.717, 1.165) is 17.5 Å². The fraction of sp³-hybridized carbons (Fsp3) is 0.462. The van der Waals surface area contributed by atoms with Crippen molar-refractivity contribution in [2.45, 2.75) is 31.8 Å². The van der Waals surface area contributed by atoms with Crippen LogP contribution in [0.4, 0.5) is 4.39 Å². The molecule has 0 saturated carbocycles. The number of benzene rings is 1. The van der Waals surface area contributed by atoms with E-state index in [0.29, 0.717) is 6.42 Å². The highest BCUT2D eigenvalue weighted by atomic mass is 19.1. The maximum atomic E-state index is 13.5. The molecule has 0 radical (unpaired) electrons. The number of hydrogen-bond donors (Lipinski definition) is 1. The highest BCUT2D eigenvalue weighted by Crippen LogP contribution is 2.32. The predicted molar refractivity (Wildman–Crippen MR) is 62.1 cm³/mol. The molecule has 1 aliphatic carbocycles. The standard InChI is InChI=1S/C13H16FNO2/c1-8(13(16)17-2)15-12-7-6-9-10(12)4-3-5-11(9)14/h3-5,8,12,15H,6-7H2,1-2H3/t8-,12?/m0/s1. The lowest BCUT2D eigenvalue weighted by Gasteiger charge is -2.18. The minimum absolute atomic E-state index is 0.0369. The van der Waals surface area contributed by atoms with E-state index in [1.165, 1.54) is 13.2 Å². The Bertz CT molecular complexity index is 433. The molecular formula is C13H16FNO2. The van der Waals surface area contributed by atoms with E-state index in [1.807, 2.05) is 6.07 Å². The van der Waals surface area contributed by atoms with Crippen LogP contribution in [0, 0.1) is 5.82 Å². The van der Waals surface area contributed by atoms with E-state index in [2.05, 4.69) is 10.1 Å². The number of nitrogens with one attached hydrogen (secondary N) is 1. The van der Waals surface area contributed by atoms with Crippen molar-refractivity contribution < 1.29 is 13.9 Å². The Balaban J connectivity index is 2.12. The van der Waals surface area contributed by atoms with Crippen molar-refractivity contribution >= 4 is 5.97 Å². The second-order valence-corrected chi connectivity index (χ2v) is 4.31. The summed E-state index contributed by atoms with van der Waals surface area (Å²) in [5.41, 5.74) is 1.72. The molecule has 0 heterocycles. The average Bonchev–Trinajstić information content (AvgIpc) is 2.73. The molecule has 4 heteroatoms. The van der Waals surface area contributed by atoms with E-state index >= 15 is 0 Å². The van der Waals surface area contributed by atoms with Crippen molar-refractivity contribution in [2.75, 3.05) is 7.11 Å². The molecule has 1 N–H and O–H groups in total. The first kappa shape index (κ1) is 12.0. The number of esters is 1. The number of ether oxygens (including phenoxy) is 1. The van der Waals surface area contributed by atoms with Crippen LogP contribution in [0.25, 0.3) is 0 Å². The summed E-state index contributed by atoms with van der Waals surface area (Å²) in [6.07, 6.45) is 1.53. The fourth-order valence-electron chi connectivity index (χ4n) is 2.33. The van der Waals surface area contributed by atoms with Gasteiger partial charge >= 0.3 is 5.97 Å². The molecule has 0 fully saturated rings. The van der Waals surface area contributed by atoms with Gasteiger partial charge in [0.2, 0.25) is 0 Å². The topological polar surface area (TPSA) is 38.3 Å². The zero-order valence-corrected chi connectivity index (χ0v) is 10.00. The smallest absolute Gasteiger partial charge is 0.322 e. The molecule has 17 heavy (non-hydrogen) atoms. The molecule has 1 unspecified atom stereocenters. The molecule has 0 spiro atoms. The summed E-state index contributed by atoms with van der Waals surface area (Å²) in [6.45, 7) is 1.75. The molecule has 0 bridgehead atoms. The molecule has 2 rings (SSSR count). The highest BCUT2D eigenvalue weighted by molar-refractivity contribution is 5.75. The minimum Gasteiger partial charge on any atom is -0.468 e. The molecule has 1 aromatic carbocycles. The van der Waals surface area contributed by atoms with E-state index in [1.54, 1.807) is 13.0 Å². The van der Waals surface area contributed by atoms with E-state index in [-0.39, 0.29) is 23.9 Å². The molecule has 0 aromatic heterocycles. The first-order valence-corrected chi connectivity index (χ1v) is 5.74. The third-order valence-electron chi connectivity index (χ3n) is 3.22. The van der Waals surface area contributed by atoms with Gasteiger partial charge in [0.25, 0.3) is 0 Å². The molecule has 0 aliphatic heterocycles. The zero-order chi connectivity index (χ0) is 12.4. The van der Waals surface area contributed by atoms with Gasteiger partial charge in [-0.2, -0.15) is 0 Å². The number of rotatable bonds is 3. The maximum Gasteiger partial charge on any atom is 0.322 e. The molecule has 92 valence electrons. The second kappa shape index (κ2) is 4.84. The van der Waals surface area contributed by atoms with Gasteiger partial charge in [-0.3, -0.25) is 10.1 Å². The maximum absolute atomic E-state index is 13.5. The van der Waals surface area contributed by atoms with E-state index in [4.69, 9.17) is 0 Å². The Morgan fingerprint density at radius 2 is 2.35 bits per heavy atom. The van der Waals surface area contributed by atoms with Gasteiger partial charge in [-0.05, 0) is 37.0 Å². The molecule has 0 amide bonds. The Labute approximate surface area is 100.0 Å². The average molecular weight is 237 g/mol. The Kier molecular flexibility index (Phi) is 3.43. The fourth-order valence-corrected chi connectivity index (χ4v) is 2.33. The number of carbonyl (C=O) groups excluding carboxylic acids is 1. The van der Waals surface area contributed by atoms with Crippen molar-refractivity contribution in [3.05, 3.63) is 35.1 Å². The van der Waals surface area contributed by atoms with Crippen LogP contribution in [0.3, 0.4) is 0 Å². The van der Waals surface area contributed by atoms with Gasteiger partial charge in [0.05, 0.1) is 7.11 Å². The number of hydrogen-bond acceptors (Lipinski definition) is 3. The normalized spacial score (nSPS) is 19.8. The number of carbonyl (C=O) groups is 1. The van der Waals surface area contributed by atoms with Crippen molar-refractivity contribution in [2.24, 2.45) is 0 Å². The summed E-state index contributed by atoms with van der Waals surface area (Å²) in [5.74, 6) is -0.452. The number of halogens is 1. The van der Waals surface area contributed by atoms with Crippen molar-refractivity contribution in [3.63, 3.8) is 0 Å². The lowest BCUT2D eigenvalue weighted by Crippen LogP contribution is -2.36. The van der Waals surface area contributed by atoms with Crippen molar-refractivity contribution in [1.82, 2.24) is 5.32 Å². The lowest BCUT2D eigenvalue weighted by atomic mass is 10.1. The van der Waals surface area contributed by atoms with Crippen LogP contribution in [0.5, 0.6) is 0 Å². The van der Waals surface area contributed by atoms with Crippen LogP contribution in [0.2, 0.25) is 0 Å². The van der Waals surface area contributed by atoms with Crippen LogP contribution in [-0.4, -0.2) is 19.1 Å². The van der Waals surface area contributed by atoms with Crippen LogP contribution >= 0.6 is 0 Å². The molecule has 1 aromatic rings. The summed E-state index contributed by atoms with van der Waals surface area (Å²) in [6, 6.07) is 4.75. The summed E-state index contributed by atoms with van der Waals surface area (Å²) < 4.78 is 18.2. The van der Waals surface area contributed by atoms with Crippen LogP contribution in [0.15, 0.2) is 18.2 Å². The van der Waals surface area contributed by atoms with Crippen molar-refractivity contribution in [3.8, 4) is 0 Å². The zero-order valence-electron chi connectivity index (χ0n) is 10.00. The first-order valence-electron chi connectivity index (χ1n) is 5.74. The summed E-state index contributed by atoms with van der Waals surface area (Å²) in [7, 11) is 1.36. The minimum atomic E-state index is -0.376. The van der Waals surface area contributed by atoms with E-state index in [9.17, 15) is 9.18 Å². The highest BCUT2D eigenvalue weighted by Gasteiger charge is 2.27. The van der Waals surface area contributed by atoms with Gasteiger partial charge in [-0.25, -0.2) is 4.39 Å². The summed E-state index contributed by atoms with van der Waals surface area (Å²) >= 11 is 0. The number of methoxy groups -OCH3 is 1. The van der Waals surface area contributed by atoms with Crippen LogP contribution in [0.1, 0.15) is 30.5 Å². The SMILES string of the molecule is COC(=O)[C@H](C)NC1CCc2c(F)cccc21. The van der Waals surface area contributed by atoms with Gasteiger partial charge < -0.3 is 4.74 Å². The van der Waals surface area contributed by atoms with Crippen LogP contribution in [-0.2, 0) is 16.0 Å². The third-order valence-corrected chi connectivity index (χ3v) is 3.22. The third kappa shape index (κ3) is 2.31. The quantitative estimate of drug-likeness (QED) is 0.817. The lowest BCUT2D eigenvalue weighted by molar-refractivity contribution is -0.142. The monoisotopic (exact) mass is 237 g/mol. The summed E-state index contributed by atoms with van der Waals surface area (Å²) in [4.78, 5) is 11.3. The van der Waals surface area contributed by atoms with Gasteiger partial charge in [0.1, 0.15) is 11.9 Å². The van der Waals surface area contributed by atoms with Gasteiger partial charge in [-0.15, -0.1) is 0 Å². The van der Waals surface area contributed by atoms with Gasteiger partial charge in [0.15, 0.2) is 0 Å². The predicted octanol–water partition coefficient (Wildman–Crippen LogP) is 1.96. The van der Waals surface area contributed by atoms with Gasteiger partial charge in [-0.1, -0.05) is 12.1 Å². The second-order valence-electron chi connectivity index (χ2n) is 4.31. The van der Waals surface area contributed by atoms with Crippen LogP contribution < -0.4 is 5.32 Å². The molecular weight excluding hydrogens is 221 g/mol. The molecule has 0 saturated heterocycles. The molecule has 1 aliphatic rings. The van der Waals surface area contributed by atoms with E-state index < -0.39 is 0 Å². The number of fused-ring (bicyclic) bond motifs is 1. The van der Waals surface area contributed by atoms with Gasteiger partial charge in [0, 0.05) is 6.04 Å². The molecule has 3 nitrogen and oxygen atoms in total. The Morgan fingerprint density at radius 3 is 3.06 bits per heavy atom. The largest absolute Gasteiger partial charge is 0.468 e. The molecule has 2 atom stereocenters. The summed E-state index contributed by atoms with van der Waals surface area (Å²) in [5, 5.41) is 3.17. The first-order chi connectivity index (χ1) is 8.13. The van der Waals surface area contributed by atoms with Crippen molar-refractivity contribution in [1.29, 1.82) is 0 Å². The Hall–Kier alpha value is -1.42. The Morgan fingerprint density at radius 1 is 1.59 bits per heavy atom.